The number of carbonyl (C=O) groups excluding carboxylic acids is 1. The van der Waals surface area contributed by atoms with Crippen molar-refractivity contribution in [1.82, 2.24) is 19.7 Å². The first kappa shape index (κ1) is 21.7. The summed E-state index contributed by atoms with van der Waals surface area (Å²) in [6, 6.07) is 15.2. The number of halogens is 2. The molecule has 2 N–H and O–H groups in total. The average Bonchev–Trinajstić information content (AvgIpc) is 3.21. The Morgan fingerprint density at radius 1 is 0.970 bits per heavy atom. The van der Waals surface area contributed by atoms with Gasteiger partial charge in [-0.25, -0.2) is 9.78 Å². The first-order valence-corrected chi connectivity index (χ1v) is 9.71. The van der Waals surface area contributed by atoms with Gasteiger partial charge < -0.3 is 20.1 Å². The molecule has 0 saturated heterocycles. The molecule has 168 valence electrons. The van der Waals surface area contributed by atoms with E-state index in [9.17, 15) is 13.6 Å². The first-order chi connectivity index (χ1) is 16.0. The molecule has 0 radical (unpaired) electrons. The molecule has 11 heteroatoms. The molecule has 0 aliphatic heterocycles. The third-order valence-electron chi connectivity index (χ3n) is 4.35. The minimum Gasteiger partial charge on any atom is -0.438 e. The van der Waals surface area contributed by atoms with Gasteiger partial charge in [0.15, 0.2) is 5.82 Å². The van der Waals surface area contributed by atoms with Gasteiger partial charge in [-0.05, 0) is 49.4 Å². The molecule has 0 unspecified atom stereocenters. The standard InChI is InChI=1S/C22H18F2N6O3/c1-14-25-11-12-30(14)19-9-10-20(29-28-19)32-17-7-5-15(6-8-17)26-22(31)27-16-3-2-4-18(13-16)33-21(23)24/h2-13,21H,1H3,(H2,26,27,31). The molecule has 0 aliphatic carbocycles. The fourth-order valence-corrected chi connectivity index (χ4v) is 2.89. The molecule has 9 nitrogen and oxygen atoms in total. The van der Waals surface area contributed by atoms with Crippen molar-refractivity contribution in [3.05, 3.63) is 78.9 Å². The number of carbonyl (C=O) groups is 1. The highest BCUT2D eigenvalue weighted by molar-refractivity contribution is 5.99. The molecule has 2 amide bonds. The molecule has 33 heavy (non-hydrogen) atoms. The number of nitrogens with one attached hydrogen (secondary N) is 2. The average molecular weight is 452 g/mol. The summed E-state index contributed by atoms with van der Waals surface area (Å²) in [4.78, 5) is 16.3. The van der Waals surface area contributed by atoms with Gasteiger partial charge in [-0.15, -0.1) is 10.2 Å². The Bertz CT molecular complexity index is 1230. The topological polar surface area (TPSA) is 103 Å². The fourth-order valence-electron chi connectivity index (χ4n) is 2.89. The van der Waals surface area contributed by atoms with E-state index in [1.807, 2.05) is 6.92 Å². The number of alkyl halides is 2. The molecular formula is C22H18F2N6O3. The van der Waals surface area contributed by atoms with E-state index in [0.29, 0.717) is 28.8 Å². The van der Waals surface area contributed by atoms with Gasteiger partial charge in [0.25, 0.3) is 0 Å². The van der Waals surface area contributed by atoms with Crippen molar-refractivity contribution in [1.29, 1.82) is 0 Å². The molecule has 2 aromatic carbocycles. The number of imidazole rings is 1. The normalized spacial score (nSPS) is 10.7. The van der Waals surface area contributed by atoms with E-state index in [1.54, 1.807) is 59.4 Å². The lowest BCUT2D eigenvalue weighted by molar-refractivity contribution is -0.0498. The van der Waals surface area contributed by atoms with Gasteiger partial charge in [0.2, 0.25) is 5.88 Å². The van der Waals surface area contributed by atoms with Crippen LogP contribution in [0.2, 0.25) is 0 Å². The molecule has 0 atom stereocenters. The Labute approximate surface area is 187 Å². The number of hydrogen-bond donors (Lipinski definition) is 2. The number of ether oxygens (including phenoxy) is 2. The van der Waals surface area contributed by atoms with Crippen molar-refractivity contribution >= 4 is 17.4 Å². The van der Waals surface area contributed by atoms with E-state index in [2.05, 4.69) is 30.6 Å². The van der Waals surface area contributed by atoms with Gasteiger partial charge in [-0.3, -0.25) is 4.57 Å². The van der Waals surface area contributed by atoms with Crippen LogP contribution in [-0.4, -0.2) is 32.4 Å². The van der Waals surface area contributed by atoms with Gasteiger partial charge in [0, 0.05) is 35.9 Å². The highest BCUT2D eigenvalue weighted by Gasteiger charge is 2.08. The van der Waals surface area contributed by atoms with Crippen LogP contribution in [0.1, 0.15) is 5.82 Å². The van der Waals surface area contributed by atoms with E-state index in [1.165, 1.54) is 18.2 Å². The second-order valence-corrected chi connectivity index (χ2v) is 6.69. The van der Waals surface area contributed by atoms with E-state index >= 15 is 0 Å². The van der Waals surface area contributed by atoms with Crippen LogP contribution in [-0.2, 0) is 0 Å². The Hall–Kier alpha value is -4.54. The predicted octanol–water partition coefficient (Wildman–Crippen LogP) is 5.01. The van der Waals surface area contributed by atoms with Crippen LogP contribution in [0.3, 0.4) is 0 Å². The van der Waals surface area contributed by atoms with Crippen LogP contribution < -0.4 is 20.1 Å². The summed E-state index contributed by atoms with van der Waals surface area (Å²) in [5, 5.41) is 13.4. The molecule has 0 saturated carbocycles. The quantitative estimate of drug-likeness (QED) is 0.409. The molecule has 0 aliphatic rings. The Balaban J connectivity index is 1.33. The van der Waals surface area contributed by atoms with Crippen molar-refractivity contribution in [2.75, 3.05) is 10.6 Å². The number of aromatic nitrogens is 4. The highest BCUT2D eigenvalue weighted by Crippen LogP contribution is 2.23. The summed E-state index contributed by atoms with van der Waals surface area (Å²) < 4.78 is 36.4. The van der Waals surface area contributed by atoms with Crippen molar-refractivity contribution in [2.45, 2.75) is 13.5 Å². The number of benzene rings is 2. The lowest BCUT2D eigenvalue weighted by Crippen LogP contribution is -2.19. The maximum absolute atomic E-state index is 12.3. The fraction of sp³-hybridized carbons (Fsp3) is 0.0909. The number of urea groups is 1. The molecule has 0 spiro atoms. The number of amides is 2. The zero-order chi connectivity index (χ0) is 23.2. The molecule has 2 aromatic heterocycles. The lowest BCUT2D eigenvalue weighted by Gasteiger charge is -2.10. The molecule has 4 rings (SSSR count). The summed E-state index contributed by atoms with van der Waals surface area (Å²) in [7, 11) is 0. The molecule has 0 fully saturated rings. The third-order valence-corrected chi connectivity index (χ3v) is 4.35. The van der Waals surface area contributed by atoms with Gasteiger partial charge in [0.1, 0.15) is 17.3 Å². The molecule has 0 bridgehead atoms. The largest absolute Gasteiger partial charge is 0.438 e. The van der Waals surface area contributed by atoms with Crippen LogP contribution in [0.4, 0.5) is 25.0 Å². The zero-order valence-electron chi connectivity index (χ0n) is 17.3. The number of aryl methyl sites for hydroxylation is 1. The van der Waals surface area contributed by atoms with Crippen LogP contribution in [0, 0.1) is 6.92 Å². The van der Waals surface area contributed by atoms with Crippen molar-refractivity contribution in [2.24, 2.45) is 0 Å². The van der Waals surface area contributed by atoms with E-state index in [4.69, 9.17) is 4.74 Å². The molecule has 4 aromatic rings. The smallest absolute Gasteiger partial charge is 0.387 e. The Kier molecular flexibility index (Phi) is 6.39. The summed E-state index contributed by atoms with van der Waals surface area (Å²) in [5.74, 6) is 2.16. The summed E-state index contributed by atoms with van der Waals surface area (Å²) >= 11 is 0. The molecular weight excluding hydrogens is 434 g/mol. The lowest BCUT2D eigenvalue weighted by atomic mass is 10.3. The maximum atomic E-state index is 12.3. The minimum atomic E-state index is -2.94. The number of rotatable bonds is 7. The van der Waals surface area contributed by atoms with Crippen LogP contribution in [0.5, 0.6) is 17.4 Å². The van der Waals surface area contributed by atoms with E-state index in [-0.39, 0.29) is 5.75 Å². The van der Waals surface area contributed by atoms with Crippen molar-refractivity contribution in [3.63, 3.8) is 0 Å². The second kappa shape index (κ2) is 9.73. The number of nitrogens with zero attached hydrogens (tertiary/aromatic N) is 4. The van der Waals surface area contributed by atoms with E-state index < -0.39 is 12.6 Å². The maximum Gasteiger partial charge on any atom is 0.387 e. The van der Waals surface area contributed by atoms with Gasteiger partial charge in [-0.2, -0.15) is 8.78 Å². The third kappa shape index (κ3) is 5.79. The van der Waals surface area contributed by atoms with Crippen LogP contribution in [0.15, 0.2) is 73.1 Å². The minimum absolute atomic E-state index is 0.0550. The van der Waals surface area contributed by atoms with Gasteiger partial charge in [-0.1, -0.05) is 6.07 Å². The van der Waals surface area contributed by atoms with Crippen molar-refractivity contribution < 1.29 is 23.0 Å². The van der Waals surface area contributed by atoms with Gasteiger partial charge in [0.05, 0.1) is 0 Å². The van der Waals surface area contributed by atoms with Crippen molar-refractivity contribution in [3.8, 4) is 23.2 Å². The second-order valence-electron chi connectivity index (χ2n) is 6.69. The number of anilines is 2. The Morgan fingerprint density at radius 3 is 2.42 bits per heavy atom. The summed E-state index contributed by atoms with van der Waals surface area (Å²) in [6.07, 6.45) is 3.46. The predicted molar refractivity (Wildman–Crippen MR) is 116 cm³/mol. The van der Waals surface area contributed by atoms with Crippen LogP contribution in [0.25, 0.3) is 5.82 Å². The van der Waals surface area contributed by atoms with Crippen LogP contribution >= 0.6 is 0 Å². The van der Waals surface area contributed by atoms with E-state index in [0.717, 1.165) is 5.82 Å². The van der Waals surface area contributed by atoms with Gasteiger partial charge >= 0.3 is 12.6 Å². The monoisotopic (exact) mass is 452 g/mol. The first-order valence-electron chi connectivity index (χ1n) is 9.71. The molecule has 2 heterocycles. The SMILES string of the molecule is Cc1nccn1-c1ccc(Oc2ccc(NC(=O)Nc3cccc(OC(F)F)c3)cc2)nn1. The summed E-state index contributed by atoms with van der Waals surface area (Å²) in [5.41, 5.74) is 0.801. The highest BCUT2D eigenvalue weighted by atomic mass is 19.3. The Morgan fingerprint density at radius 2 is 1.76 bits per heavy atom. The number of hydrogen-bond acceptors (Lipinski definition) is 6. The summed E-state index contributed by atoms with van der Waals surface area (Å²) in [6.45, 7) is -1.08. The zero-order valence-corrected chi connectivity index (χ0v) is 17.3.